The summed E-state index contributed by atoms with van der Waals surface area (Å²) in [4.78, 5) is 0. The molecule has 2 aromatic rings. The summed E-state index contributed by atoms with van der Waals surface area (Å²) in [6.45, 7) is 2.20. The molecule has 2 unspecified atom stereocenters. The lowest BCUT2D eigenvalue weighted by Crippen LogP contribution is -2.34. The van der Waals surface area contributed by atoms with Crippen molar-refractivity contribution in [1.29, 1.82) is 0 Å². The fraction of sp³-hybridized carbons (Fsp3) is 0.300. The van der Waals surface area contributed by atoms with Crippen molar-refractivity contribution in [2.75, 3.05) is 0 Å². The highest BCUT2D eigenvalue weighted by molar-refractivity contribution is 5.36. The number of aryl methyl sites for hydroxylation is 1. The molecule has 0 spiro atoms. The third-order valence-electron chi connectivity index (χ3n) is 4.30. The van der Waals surface area contributed by atoms with Gasteiger partial charge in [-0.25, -0.2) is 0 Å². The first-order valence-corrected chi connectivity index (χ1v) is 7.86. The van der Waals surface area contributed by atoms with Gasteiger partial charge in [0.2, 0.25) is 0 Å². The standard InChI is InChI=1S/C20H23N/c1-16-10-8-9-15-19(16)20(17-11-4-2-5-12-17)21-18-13-6-3-7-14-18/h2-6,8-12,15,18,20-21H,7,13-14H2,1H3. The highest BCUT2D eigenvalue weighted by Gasteiger charge is 2.20. The van der Waals surface area contributed by atoms with E-state index in [9.17, 15) is 0 Å². The molecule has 3 rings (SSSR count). The summed E-state index contributed by atoms with van der Waals surface area (Å²) in [7, 11) is 0. The van der Waals surface area contributed by atoms with Gasteiger partial charge < -0.3 is 5.32 Å². The van der Waals surface area contributed by atoms with Crippen molar-refractivity contribution in [3.8, 4) is 0 Å². The van der Waals surface area contributed by atoms with Crippen molar-refractivity contribution >= 4 is 0 Å². The van der Waals surface area contributed by atoms with E-state index < -0.39 is 0 Å². The first kappa shape index (κ1) is 14.1. The van der Waals surface area contributed by atoms with Crippen molar-refractivity contribution in [3.63, 3.8) is 0 Å². The van der Waals surface area contributed by atoms with Crippen molar-refractivity contribution in [2.24, 2.45) is 0 Å². The van der Waals surface area contributed by atoms with Crippen molar-refractivity contribution in [3.05, 3.63) is 83.4 Å². The maximum Gasteiger partial charge on any atom is 0.0581 e. The summed E-state index contributed by atoms with van der Waals surface area (Å²) >= 11 is 0. The lowest BCUT2D eigenvalue weighted by Gasteiger charge is -2.28. The summed E-state index contributed by atoms with van der Waals surface area (Å²) < 4.78 is 0. The average molecular weight is 277 g/mol. The van der Waals surface area contributed by atoms with Crippen molar-refractivity contribution < 1.29 is 0 Å². The second-order valence-corrected chi connectivity index (χ2v) is 5.85. The van der Waals surface area contributed by atoms with E-state index >= 15 is 0 Å². The molecular formula is C20H23N. The van der Waals surface area contributed by atoms with Gasteiger partial charge >= 0.3 is 0 Å². The third kappa shape index (κ3) is 3.43. The van der Waals surface area contributed by atoms with Gasteiger partial charge in [0.25, 0.3) is 0 Å². The zero-order valence-corrected chi connectivity index (χ0v) is 12.6. The molecule has 1 N–H and O–H groups in total. The molecule has 2 aromatic carbocycles. The van der Waals surface area contributed by atoms with E-state index in [1.165, 1.54) is 29.5 Å². The van der Waals surface area contributed by atoms with Crippen LogP contribution < -0.4 is 5.32 Å². The van der Waals surface area contributed by atoms with E-state index in [-0.39, 0.29) is 6.04 Å². The average Bonchev–Trinajstić information content (AvgIpc) is 2.55. The minimum atomic E-state index is 0.281. The highest BCUT2D eigenvalue weighted by Crippen LogP contribution is 2.27. The van der Waals surface area contributed by atoms with Crippen LogP contribution in [0, 0.1) is 6.92 Å². The Morgan fingerprint density at radius 3 is 2.43 bits per heavy atom. The van der Waals surface area contributed by atoms with E-state index in [0.29, 0.717) is 6.04 Å². The Hall–Kier alpha value is -1.86. The van der Waals surface area contributed by atoms with Gasteiger partial charge in [-0.3, -0.25) is 0 Å². The number of hydrogen-bond donors (Lipinski definition) is 1. The number of allylic oxidation sites excluding steroid dienone is 1. The van der Waals surface area contributed by atoms with Crippen LogP contribution in [0.25, 0.3) is 0 Å². The molecule has 1 aliphatic rings. The largest absolute Gasteiger partial charge is 0.303 e. The van der Waals surface area contributed by atoms with Crippen LogP contribution in [0.3, 0.4) is 0 Å². The van der Waals surface area contributed by atoms with Crippen LogP contribution in [0.2, 0.25) is 0 Å². The van der Waals surface area contributed by atoms with Crippen LogP contribution >= 0.6 is 0 Å². The minimum Gasteiger partial charge on any atom is -0.303 e. The zero-order valence-electron chi connectivity index (χ0n) is 12.6. The van der Waals surface area contributed by atoms with Crippen molar-refractivity contribution in [2.45, 2.75) is 38.3 Å². The Morgan fingerprint density at radius 2 is 1.71 bits per heavy atom. The second kappa shape index (κ2) is 6.73. The molecule has 0 aromatic heterocycles. The van der Waals surface area contributed by atoms with E-state index in [0.717, 1.165) is 6.42 Å². The Bertz CT molecular complexity index is 600. The summed E-state index contributed by atoms with van der Waals surface area (Å²) in [6, 6.07) is 20.3. The number of benzene rings is 2. The first-order chi connectivity index (χ1) is 10.3. The van der Waals surface area contributed by atoms with E-state index in [2.05, 4.69) is 79.0 Å². The van der Waals surface area contributed by atoms with Gasteiger partial charge in [0.1, 0.15) is 0 Å². The zero-order chi connectivity index (χ0) is 14.5. The topological polar surface area (TPSA) is 12.0 Å². The summed E-state index contributed by atoms with van der Waals surface area (Å²) in [5.41, 5.74) is 4.09. The molecular weight excluding hydrogens is 254 g/mol. The smallest absolute Gasteiger partial charge is 0.0581 e. The predicted molar refractivity (Wildman–Crippen MR) is 89.4 cm³/mol. The fourth-order valence-corrected chi connectivity index (χ4v) is 3.10. The van der Waals surface area contributed by atoms with Crippen molar-refractivity contribution in [1.82, 2.24) is 5.32 Å². The third-order valence-corrected chi connectivity index (χ3v) is 4.30. The molecule has 0 amide bonds. The van der Waals surface area contributed by atoms with Crippen LogP contribution in [-0.4, -0.2) is 6.04 Å². The normalized spacial score (nSPS) is 19.4. The molecule has 0 radical (unpaired) electrons. The molecule has 108 valence electrons. The Labute approximate surface area is 127 Å². The van der Waals surface area contributed by atoms with Crippen LogP contribution in [0.4, 0.5) is 0 Å². The molecule has 0 fully saturated rings. The molecule has 0 aliphatic heterocycles. The van der Waals surface area contributed by atoms with E-state index in [4.69, 9.17) is 0 Å². The molecule has 2 atom stereocenters. The maximum absolute atomic E-state index is 3.88. The molecule has 21 heavy (non-hydrogen) atoms. The van der Waals surface area contributed by atoms with Crippen LogP contribution in [-0.2, 0) is 0 Å². The first-order valence-electron chi connectivity index (χ1n) is 7.86. The van der Waals surface area contributed by atoms with Gasteiger partial charge in [-0.15, -0.1) is 0 Å². The molecule has 1 heteroatoms. The molecule has 0 bridgehead atoms. The fourth-order valence-electron chi connectivity index (χ4n) is 3.10. The van der Waals surface area contributed by atoms with Crippen LogP contribution in [0.1, 0.15) is 42.0 Å². The lowest BCUT2D eigenvalue weighted by molar-refractivity contribution is 0.439. The molecule has 0 saturated heterocycles. The minimum absolute atomic E-state index is 0.281. The van der Waals surface area contributed by atoms with Crippen LogP contribution in [0.15, 0.2) is 66.7 Å². The quantitative estimate of drug-likeness (QED) is 0.793. The van der Waals surface area contributed by atoms with E-state index in [1.54, 1.807) is 0 Å². The van der Waals surface area contributed by atoms with E-state index in [1.807, 2.05) is 0 Å². The van der Waals surface area contributed by atoms with Gasteiger partial charge in [-0.2, -0.15) is 0 Å². The van der Waals surface area contributed by atoms with Gasteiger partial charge in [0.05, 0.1) is 6.04 Å². The summed E-state index contributed by atoms with van der Waals surface area (Å²) in [5.74, 6) is 0. The number of nitrogens with one attached hydrogen (secondary N) is 1. The summed E-state index contributed by atoms with van der Waals surface area (Å²) in [6.07, 6.45) is 8.15. The Balaban J connectivity index is 1.91. The van der Waals surface area contributed by atoms with Gasteiger partial charge in [-0.05, 0) is 42.9 Å². The van der Waals surface area contributed by atoms with Gasteiger partial charge in [-0.1, -0.05) is 66.7 Å². The molecule has 0 heterocycles. The summed E-state index contributed by atoms with van der Waals surface area (Å²) in [5, 5.41) is 3.88. The lowest BCUT2D eigenvalue weighted by atomic mass is 9.92. The molecule has 0 saturated carbocycles. The second-order valence-electron chi connectivity index (χ2n) is 5.85. The number of rotatable bonds is 4. The predicted octanol–water partition coefficient (Wildman–Crippen LogP) is 4.78. The van der Waals surface area contributed by atoms with Gasteiger partial charge in [0.15, 0.2) is 0 Å². The Kier molecular flexibility index (Phi) is 4.52. The van der Waals surface area contributed by atoms with Gasteiger partial charge in [0, 0.05) is 6.04 Å². The monoisotopic (exact) mass is 277 g/mol. The molecule has 1 aliphatic carbocycles. The maximum atomic E-state index is 3.88. The Morgan fingerprint density at radius 1 is 0.952 bits per heavy atom. The van der Waals surface area contributed by atoms with Crippen LogP contribution in [0.5, 0.6) is 0 Å². The SMILES string of the molecule is Cc1ccccc1C(NC1CC=CCC1)c1ccccc1. The molecule has 1 nitrogen and oxygen atoms in total. The number of hydrogen-bond acceptors (Lipinski definition) is 1. The highest BCUT2D eigenvalue weighted by atomic mass is 15.0.